The summed E-state index contributed by atoms with van der Waals surface area (Å²) in [6.07, 6.45) is 21.6. The number of hydrogen-bond donors (Lipinski definition) is 1. The third-order valence-electron chi connectivity index (χ3n) is 3.73. The predicted molar refractivity (Wildman–Crippen MR) is 95.1 cm³/mol. The SMILES string of the molecule is CCCCCCCCCCCCCCCC=CC(=O)O.[Ba+2].[H-].[H-]. The topological polar surface area (TPSA) is 37.3 Å². The van der Waals surface area contributed by atoms with Gasteiger partial charge in [0.15, 0.2) is 0 Å². The Balaban J connectivity index is -0.000000602. The number of hydrogen-bond acceptors (Lipinski definition) is 1. The number of rotatable bonds is 15. The van der Waals surface area contributed by atoms with Gasteiger partial charge in [0.1, 0.15) is 0 Å². The molecule has 0 aromatic rings. The van der Waals surface area contributed by atoms with Crippen LogP contribution in [0.25, 0.3) is 0 Å². The van der Waals surface area contributed by atoms with E-state index in [0.717, 1.165) is 12.8 Å². The molecule has 0 atom stereocenters. The first-order valence-electron chi connectivity index (χ1n) is 8.67. The molecule has 0 bridgehead atoms. The number of unbranched alkanes of at least 4 members (excludes halogenated alkanes) is 13. The molecule has 0 radical (unpaired) electrons. The summed E-state index contributed by atoms with van der Waals surface area (Å²) in [7, 11) is 0. The minimum atomic E-state index is -0.834. The number of aliphatic carboxylic acids is 1. The van der Waals surface area contributed by atoms with Crippen molar-refractivity contribution in [2.75, 3.05) is 0 Å². The summed E-state index contributed by atoms with van der Waals surface area (Å²) in [4.78, 5) is 10.2. The molecule has 3 heteroatoms. The summed E-state index contributed by atoms with van der Waals surface area (Å²) < 4.78 is 0. The molecule has 0 aromatic carbocycles. The van der Waals surface area contributed by atoms with Gasteiger partial charge < -0.3 is 7.96 Å². The normalized spacial score (nSPS) is 10.7. The molecule has 0 fully saturated rings. The van der Waals surface area contributed by atoms with E-state index in [-0.39, 0.29) is 51.7 Å². The minimum absolute atomic E-state index is 0. The van der Waals surface area contributed by atoms with Crippen molar-refractivity contribution < 1.29 is 12.8 Å². The summed E-state index contributed by atoms with van der Waals surface area (Å²) in [5.74, 6) is -0.834. The maximum Gasteiger partial charge on any atom is 2.00 e. The van der Waals surface area contributed by atoms with Crippen LogP contribution >= 0.6 is 0 Å². The largest absolute Gasteiger partial charge is 2.00 e. The quantitative estimate of drug-likeness (QED) is 0.201. The molecule has 0 spiro atoms. The molecule has 0 aliphatic carbocycles. The van der Waals surface area contributed by atoms with Crippen LogP contribution in [0.4, 0.5) is 0 Å². The second kappa shape index (κ2) is 20.8. The standard InChI is InChI=1S/C18H34O2.Ba.2H/c1-2-3-4-5-6-7-8-9-10-11-12-13-14-15-16-17-18(19)20;;;/h16-17H,2-15H2,1H3,(H,19,20);;;/q;+2;2*-1. The molecule has 0 aromatic heterocycles. The molecular weight excluding hydrogens is 386 g/mol. The van der Waals surface area contributed by atoms with Crippen molar-refractivity contribution in [3.8, 4) is 0 Å². The van der Waals surface area contributed by atoms with Crippen LogP contribution in [0.15, 0.2) is 12.2 Å². The van der Waals surface area contributed by atoms with Gasteiger partial charge in [0.05, 0.1) is 0 Å². The Hall–Kier alpha value is 0.781. The van der Waals surface area contributed by atoms with Gasteiger partial charge in [-0.15, -0.1) is 0 Å². The van der Waals surface area contributed by atoms with E-state index in [0.29, 0.717) is 0 Å². The van der Waals surface area contributed by atoms with E-state index >= 15 is 0 Å². The third kappa shape index (κ3) is 23.2. The summed E-state index contributed by atoms with van der Waals surface area (Å²) >= 11 is 0. The van der Waals surface area contributed by atoms with Gasteiger partial charge in [0.25, 0.3) is 0 Å². The summed E-state index contributed by atoms with van der Waals surface area (Å²) in [6.45, 7) is 2.27. The van der Waals surface area contributed by atoms with E-state index < -0.39 is 5.97 Å². The molecule has 2 nitrogen and oxygen atoms in total. The molecule has 1 N–H and O–H groups in total. The summed E-state index contributed by atoms with van der Waals surface area (Å²) in [5, 5.41) is 8.43. The molecular formula is C18H36BaO2. The van der Waals surface area contributed by atoms with Crippen molar-refractivity contribution in [1.29, 1.82) is 0 Å². The first-order valence-corrected chi connectivity index (χ1v) is 8.67. The second-order valence-electron chi connectivity index (χ2n) is 5.77. The molecule has 122 valence electrons. The summed E-state index contributed by atoms with van der Waals surface area (Å²) in [5.41, 5.74) is 0. The Morgan fingerprint density at radius 1 is 0.810 bits per heavy atom. The number of allylic oxidation sites excluding steroid dienone is 1. The van der Waals surface area contributed by atoms with E-state index in [2.05, 4.69) is 6.92 Å². The Bertz CT molecular complexity index is 249. The number of carboxylic acids is 1. The van der Waals surface area contributed by atoms with Gasteiger partial charge >= 0.3 is 54.9 Å². The van der Waals surface area contributed by atoms with Crippen LogP contribution in [-0.4, -0.2) is 60.0 Å². The molecule has 0 unspecified atom stereocenters. The Kier molecular flexibility index (Phi) is 23.8. The third-order valence-corrected chi connectivity index (χ3v) is 3.73. The van der Waals surface area contributed by atoms with Crippen LogP contribution in [0.5, 0.6) is 0 Å². The number of carbonyl (C=O) groups is 1. The zero-order valence-electron chi connectivity index (χ0n) is 16.1. The van der Waals surface area contributed by atoms with Gasteiger partial charge in [-0.2, -0.15) is 0 Å². The molecule has 0 amide bonds. The number of carboxylic acid groups (broad SMARTS) is 1. The first kappa shape index (κ1) is 24.0. The van der Waals surface area contributed by atoms with Crippen LogP contribution < -0.4 is 0 Å². The fourth-order valence-corrected chi connectivity index (χ4v) is 2.46. The second-order valence-corrected chi connectivity index (χ2v) is 5.77. The van der Waals surface area contributed by atoms with E-state index in [1.54, 1.807) is 6.08 Å². The van der Waals surface area contributed by atoms with Crippen molar-refractivity contribution in [2.24, 2.45) is 0 Å². The molecule has 0 aliphatic heterocycles. The first-order chi connectivity index (χ1) is 9.77. The van der Waals surface area contributed by atoms with Crippen LogP contribution in [0, 0.1) is 0 Å². The van der Waals surface area contributed by atoms with Gasteiger partial charge in [-0.1, -0.05) is 90.0 Å². The van der Waals surface area contributed by atoms with Crippen molar-refractivity contribution in [2.45, 2.75) is 96.8 Å². The molecule has 0 saturated carbocycles. The maximum atomic E-state index is 10.2. The minimum Gasteiger partial charge on any atom is -1.00 e. The fraction of sp³-hybridized carbons (Fsp3) is 0.833. The Morgan fingerprint density at radius 3 is 1.57 bits per heavy atom. The van der Waals surface area contributed by atoms with E-state index in [9.17, 15) is 4.79 Å². The molecule has 0 heterocycles. The smallest absolute Gasteiger partial charge is 1.00 e. The van der Waals surface area contributed by atoms with Crippen molar-refractivity contribution in [1.82, 2.24) is 0 Å². The van der Waals surface area contributed by atoms with Crippen LogP contribution in [0.3, 0.4) is 0 Å². The molecule has 0 saturated heterocycles. The van der Waals surface area contributed by atoms with Crippen LogP contribution in [-0.2, 0) is 4.79 Å². The molecule has 21 heavy (non-hydrogen) atoms. The van der Waals surface area contributed by atoms with Crippen LogP contribution in [0.2, 0.25) is 0 Å². The van der Waals surface area contributed by atoms with Gasteiger partial charge in [-0.3, -0.25) is 0 Å². The van der Waals surface area contributed by atoms with Crippen LogP contribution in [0.1, 0.15) is 99.7 Å². The Morgan fingerprint density at radius 2 is 1.19 bits per heavy atom. The molecule has 0 rings (SSSR count). The Labute approximate surface area is 175 Å². The zero-order valence-corrected chi connectivity index (χ0v) is 18.6. The van der Waals surface area contributed by atoms with Crippen molar-refractivity contribution in [3.63, 3.8) is 0 Å². The fourth-order valence-electron chi connectivity index (χ4n) is 2.46. The van der Waals surface area contributed by atoms with E-state index in [1.807, 2.05) is 0 Å². The van der Waals surface area contributed by atoms with Gasteiger partial charge in [0, 0.05) is 6.08 Å². The van der Waals surface area contributed by atoms with Gasteiger partial charge in [-0.25, -0.2) is 4.79 Å². The van der Waals surface area contributed by atoms with Gasteiger partial charge in [-0.05, 0) is 12.8 Å². The van der Waals surface area contributed by atoms with Crippen molar-refractivity contribution >= 4 is 54.9 Å². The monoisotopic (exact) mass is 422 g/mol. The summed E-state index contributed by atoms with van der Waals surface area (Å²) in [6, 6.07) is 0. The maximum absolute atomic E-state index is 10.2. The van der Waals surface area contributed by atoms with E-state index in [1.165, 1.54) is 83.1 Å². The zero-order chi connectivity index (χ0) is 14.9. The average Bonchev–Trinajstić information content (AvgIpc) is 2.43. The van der Waals surface area contributed by atoms with Gasteiger partial charge in [0.2, 0.25) is 0 Å². The predicted octanol–water partition coefficient (Wildman–Crippen LogP) is 5.95. The van der Waals surface area contributed by atoms with Crippen molar-refractivity contribution in [3.05, 3.63) is 12.2 Å². The van der Waals surface area contributed by atoms with E-state index in [4.69, 9.17) is 5.11 Å². The molecule has 0 aliphatic rings. The average molecular weight is 422 g/mol.